The summed E-state index contributed by atoms with van der Waals surface area (Å²) >= 11 is 0. The normalized spacial score (nSPS) is 8.42. The Morgan fingerprint density at radius 3 is 2.50 bits per heavy atom. The van der Waals surface area contributed by atoms with Crippen molar-refractivity contribution in [2.24, 2.45) is 0 Å². The Hall–Kier alpha value is -1.58. The molecule has 4 nitrogen and oxygen atoms in total. The molecule has 4 heteroatoms. The average Bonchev–Trinajstić information content (AvgIpc) is 2.11. The van der Waals surface area contributed by atoms with Crippen molar-refractivity contribution < 1.29 is 9.59 Å². The highest BCUT2D eigenvalue weighted by Crippen LogP contribution is 1.85. The molecule has 0 radical (unpaired) electrons. The number of carbonyl (C=O) groups is 2. The Bertz CT molecular complexity index is 221. The molecule has 2 amide bonds. The summed E-state index contributed by atoms with van der Waals surface area (Å²) in [4.78, 5) is 21.5. The molecule has 0 aromatic rings. The summed E-state index contributed by atoms with van der Waals surface area (Å²) in [5, 5.41) is 4.82. The van der Waals surface area contributed by atoms with E-state index in [1.165, 1.54) is 7.05 Å². The predicted octanol–water partition coefficient (Wildman–Crippen LogP) is -0.409. The van der Waals surface area contributed by atoms with Crippen LogP contribution in [0.5, 0.6) is 0 Å². The molecule has 0 unspecified atom stereocenters. The second-order valence-corrected chi connectivity index (χ2v) is 2.10. The van der Waals surface area contributed by atoms with Gasteiger partial charge in [-0.25, -0.2) is 0 Å². The van der Waals surface area contributed by atoms with Gasteiger partial charge in [-0.05, 0) is 6.08 Å². The summed E-state index contributed by atoms with van der Waals surface area (Å²) in [7, 11) is 1.50. The smallest absolute Gasteiger partial charge is 0.248 e. The number of likely N-dealkylation sites (N-methyl/N-ethyl adjacent to an activating group) is 1. The summed E-state index contributed by atoms with van der Waals surface area (Å²) in [6.07, 6.45) is 1.14. The zero-order valence-corrected chi connectivity index (χ0v) is 7.02. The first-order chi connectivity index (χ1) is 5.61. The van der Waals surface area contributed by atoms with Crippen LogP contribution in [0.1, 0.15) is 0 Å². The fourth-order valence-corrected chi connectivity index (χ4v) is 0.523. The number of amides is 2. The molecule has 0 fully saturated rings. The zero-order chi connectivity index (χ0) is 9.56. The highest BCUT2D eigenvalue weighted by atomic mass is 16.2. The third-order valence-corrected chi connectivity index (χ3v) is 1.21. The van der Waals surface area contributed by atoms with Crippen molar-refractivity contribution in [2.75, 3.05) is 13.6 Å². The molecule has 2 N–H and O–H groups in total. The van der Waals surface area contributed by atoms with E-state index in [0.29, 0.717) is 5.57 Å². The minimum Gasteiger partial charge on any atom is -0.355 e. The Balaban J connectivity index is 3.79. The van der Waals surface area contributed by atoms with Gasteiger partial charge in [0.15, 0.2) is 0 Å². The molecule has 12 heavy (non-hydrogen) atoms. The van der Waals surface area contributed by atoms with Crippen molar-refractivity contribution in [1.29, 1.82) is 0 Å². The molecule has 0 bridgehead atoms. The summed E-state index contributed by atoms with van der Waals surface area (Å²) < 4.78 is 0. The Morgan fingerprint density at radius 1 is 1.50 bits per heavy atom. The number of hydrogen-bond acceptors (Lipinski definition) is 2. The molecule has 0 aliphatic heterocycles. The van der Waals surface area contributed by atoms with Crippen LogP contribution in [0.15, 0.2) is 24.8 Å². The second kappa shape index (κ2) is 5.12. The van der Waals surface area contributed by atoms with Crippen LogP contribution in [-0.2, 0) is 9.59 Å². The zero-order valence-electron chi connectivity index (χ0n) is 7.02. The van der Waals surface area contributed by atoms with Crippen LogP contribution in [0.2, 0.25) is 0 Å². The third-order valence-electron chi connectivity index (χ3n) is 1.21. The Kier molecular flexibility index (Phi) is 4.45. The van der Waals surface area contributed by atoms with Crippen LogP contribution in [0.3, 0.4) is 0 Å². The lowest BCUT2D eigenvalue weighted by atomic mass is 10.3. The molecule has 66 valence electrons. The van der Waals surface area contributed by atoms with Crippen LogP contribution in [0.25, 0.3) is 0 Å². The SMILES string of the molecule is C=CC(=O)NCC(=C)C(=O)NC. The predicted molar refractivity (Wildman–Crippen MR) is 46.4 cm³/mol. The van der Waals surface area contributed by atoms with Crippen molar-refractivity contribution in [3.05, 3.63) is 24.8 Å². The van der Waals surface area contributed by atoms with E-state index in [0.717, 1.165) is 6.08 Å². The lowest BCUT2D eigenvalue weighted by Gasteiger charge is -2.03. The van der Waals surface area contributed by atoms with Crippen molar-refractivity contribution in [3.8, 4) is 0 Å². The van der Waals surface area contributed by atoms with E-state index in [9.17, 15) is 9.59 Å². The maximum Gasteiger partial charge on any atom is 0.248 e. The third kappa shape index (κ3) is 3.55. The molecule has 0 aromatic carbocycles. The summed E-state index contributed by atoms with van der Waals surface area (Å²) in [6, 6.07) is 0. The quantitative estimate of drug-likeness (QED) is 0.561. The standard InChI is InChI=1S/C8H12N2O2/c1-4-7(11)10-5-6(2)8(12)9-3/h4H,1-2,5H2,3H3,(H,9,12)(H,10,11). The molecule has 0 atom stereocenters. The molecule has 0 heterocycles. The highest BCUT2D eigenvalue weighted by molar-refractivity contribution is 5.94. The van der Waals surface area contributed by atoms with E-state index in [4.69, 9.17) is 0 Å². The van der Waals surface area contributed by atoms with Crippen molar-refractivity contribution in [3.63, 3.8) is 0 Å². The van der Waals surface area contributed by atoms with Gasteiger partial charge in [0.2, 0.25) is 11.8 Å². The van der Waals surface area contributed by atoms with E-state index >= 15 is 0 Å². The number of rotatable bonds is 4. The van der Waals surface area contributed by atoms with E-state index in [-0.39, 0.29) is 18.4 Å². The van der Waals surface area contributed by atoms with Gasteiger partial charge < -0.3 is 10.6 Å². The second-order valence-electron chi connectivity index (χ2n) is 2.10. The first-order valence-electron chi connectivity index (χ1n) is 3.42. The van der Waals surface area contributed by atoms with Crippen LogP contribution < -0.4 is 10.6 Å². The largest absolute Gasteiger partial charge is 0.355 e. The van der Waals surface area contributed by atoms with E-state index < -0.39 is 0 Å². The number of nitrogens with one attached hydrogen (secondary N) is 2. The first-order valence-corrected chi connectivity index (χ1v) is 3.42. The van der Waals surface area contributed by atoms with Gasteiger partial charge in [0.1, 0.15) is 0 Å². The summed E-state index contributed by atoms with van der Waals surface area (Å²) in [6.45, 7) is 6.88. The Labute approximate surface area is 71.3 Å². The van der Waals surface area contributed by atoms with E-state index in [2.05, 4.69) is 23.8 Å². The van der Waals surface area contributed by atoms with E-state index in [1.54, 1.807) is 0 Å². The van der Waals surface area contributed by atoms with Gasteiger partial charge in [-0.2, -0.15) is 0 Å². The first kappa shape index (κ1) is 10.4. The maximum atomic E-state index is 10.8. The molecule has 0 saturated carbocycles. The average molecular weight is 168 g/mol. The Morgan fingerprint density at radius 2 is 2.08 bits per heavy atom. The molecule has 0 rings (SSSR count). The van der Waals surface area contributed by atoms with Crippen molar-refractivity contribution in [1.82, 2.24) is 10.6 Å². The van der Waals surface area contributed by atoms with Gasteiger partial charge in [-0.3, -0.25) is 9.59 Å². The van der Waals surface area contributed by atoms with Gasteiger partial charge >= 0.3 is 0 Å². The molecule has 0 aromatic heterocycles. The fourth-order valence-electron chi connectivity index (χ4n) is 0.523. The van der Waals surface area contributed by atoms with Crippen LogP contribution in [0.4, 0.5) is 0 Å². The van der Waals surface area contributed by atoms with Crippen molar-refractivity contribution in [2.45, 2.75) is 0 Å². The van der Waals surface area contributed by atoms with Crippen molar-refractivity contribution >= 4 is 11.8 Å². The highest BCUT2D eigenvalue weighted by Gasteiger charge is 2.03. The van der Waals surface area contributed by atoms with Gasteiger partial charge in [-0.15, -0.1) is 0 Å². The lowest BCUT2D eigenvalue weighted by molar-refractivity contribution is -0.117. The van der Waals surface area contributed by atoms with Gasteiger partial charge in [0, 0.05) is 19.2 Å². The fraction of sp³-hybridized carbons (Fsp3) is 0.250. The molecule has 0 saturated heterocycles. The van der Waals surface area contributed by atoms with Gasteiger partial charge in [0.05, 0.1) is 0 Å². The molecule has 0 aliphatic rings. The van der Waals surface area contributed by atoms with Gasteiger partial charge in [0.25, 0.3) is 0 Å². The molecule has 0 aliphatic carbocycles. The summed E-state index contributed by atoms with van der Waals surface area (Å²) in [5.41, 5.74) is 0.313. The summed E-state index contributed by atoms with van der Waals surface area (Å²) in [5.74, 6) is -0.598. The minimum atomic E-state index is -0.319. The molecule has 0 spiro atoms. The number of carbonyl (C=O) groups excluding carboxylic acids is 2. The molecular weight excluding hydrogens is 156 g/mol. The lowest BCUT2D eigenvalue weighted by Crippen LogP contribution is -2.29. The van der Waals surface area contributed by atoms with E-state index in [1.807, 2.05) is 0 Å². The molecular formula is C8H12N2O2. The van der Waals surface area contributed by atoms with Crippen LogP contribution >= 0.6 is 0 Å². The van der Waals surface area contributed by atoms with Gasteiger partial charge in [-0.1, -0.05) is 13.2 Å². The maximum absolute atomic E-state index is 10.8. The monoisotopic (exact) mass is 168 g/mol. The van der Waals surface area contributed by atoms with Crippen LogP contribution in [-0.4, -0.2) is 25.4 Å². The minimum absolute atomic E-state index is 0.143. The topological polar surface area (TPSA) is 58.2 Å². The number of hydrogen-bond donors (Lipinski definition) is 2. The van der Waals surface area contributed by atoms with Crippen LogP contribution in [0, 0.1) is 0 Å².